The van der Waals surface area contributed by atoms with Crippen LogP contribution in [0.1, 0.15) is 24.5 Å². The molecule has 6 heteroatoms. The number of hydrogen-bond donors (Lipinski definition) is 0. The molecule has 0 aliphatic heterocycles. The number of methoxy groups -OCH3 is 2. The molecule has 108 valence electrons. The van der Waals surface area contributed by atoms with Crippen LogP contribution in [-0.2, 0) is 26.1 Å². The van der Waals surface area contributed by atoms with Gasteiger partial charge >= 0.3 is 5.97 Å². The van der Waals surface area contributed by atoms with Crippen molar-refractivity contribution in [1.82, 2.24) is 0 Å². The van der Waals surface area contributed by atoms with Crippen molar-refractivity contribution in [3.8, 4) is 11.8 Å². The molecule has 2 unspecified atom stereocenters. The quantitative estimate of drug-likeness (QED) is 0.747. The monoisotopic (exact) mass is 295 g/mol. The summed E-state index contributed by atoms with van der Waals surface area (Å²) in [5, 5.41) is 8.57. The molecule has 0 N–H and O–H groups in total. The topological polar surface area (TPSA) is 76.4 Å². The SMILES string of the molecule is COC(=O)CC(C)S(=O)Cc1cc(C#N)ccc1OC. The Morgan fingerprint density at radius 2 is 2.15 bits per heavy atom. The molecule has 20 heavy (non-hydrogen) atoms. The van der Waals surface area contributed by atoms with Crippen LogP contribution in [-0.4, -0.2) is 29.6 Å². The molecule has 2 atom stereocenters. The Morgan fingerprint density at radius 1 is 1.45 bits per heavy atom. The number of nitrogens with zero attached hydrogens (tertiary/aromatic N) is 1. The largest absolute Gasteiger partial charge is 0.496 e. The Balaban J connectivity index is 2.84. The van der Waals surface area contributed by atoms with E-state index in [9.17, 15) is 9.00 Å². The fraction of sp³-hybridized carbons (Fsp3) is 0.429. The first-order valence-corrected chi connectivity index (χ1v) is 7.41. The predicted octanol–water partition coefficient (Wildman–Crippen LogP) is 1.77. The van der Waals surface area contributed by atoms with Crippen LogP contribution < -0.4 is 4.74 Å². The predicted molar refractivity (Wildman–Crippen MR) is 75.7 cm³/mol. The highest BCUT2D eigenvalue weighted by Gasteiger charge is 2.18. The van der Waals surface area contributed by atoms with Crippen LogP contribution in [0.2, 0.25) is 0 Å². The maximum Gasteiger partial charge on any atom is 0.306 e. The first kappa shape index (κ1) is 16.2. The van der Waals surface area contributed by atoms with Crippen molar-refractivity contribution in [2.24, 2.45) is 0 Å². The van der Waals surface area contributed by atoms with Crippen molar-refractivity contribution in [3.05, 3.63) is 29.3 Å². The maximum absolute atomic E-state index is 12.2. The van der Waals surface area contributed by atoms with E-state index in [2.05, 4.69) is 4.74 Å². The van der Waals surface area contributed by atoms with Crippen LogP contribution in [0, 0.1) is 11.3 Å². The average Bonchev–Trinajstić information content (AvgIpc) is 2.46. The number of rotatable bonds is 6. The van der Waals surface area contributed by atoms with Gasteiger partial charge in [-0.2, -0.15) is 5.26 Å². The van der Waals surface area contributed by atoms with Crippen molar-refractivity contribution in [3.63, 3.8) is 0 Å². The maximum atomic E-state index is 12.2. The molecule has 0 aliphatic rings. The first-order valence-electron chi connectivity index (χ1n) is 6.02. The van der Waals surface area contributed by atoms with E-state index in [-0.39, 0.29) is 23.4 Å². The normalized spacial score (nSPS) is 13.1. The van der Waals surface area contributed by atoms with E-state index in [0.29, 0.717) is 16.9 Å². The van der Waals surface area contributed by atoms with Gasteiger partial charge in [-0.05, 0) is 18.2 Å². The highest BCUT2D eigenvalue weighted by Crippen LogP contribution is 2.22. The summed E-state index contributed by atoms with van der Waals surface area (Å²) < 4.78 is 22.0. The fourth-order valence-electron chi connectivity index (χ4n) is 1.67. The summed E-state index contributed by atoms with van der Waals surface area (Å²) in [5.41, 5.74) is 1.18. The minimum absolute atomic E-state index is 0.101. The summed E-state index contributed by atoms with van der Waals surface area (Å²) in [6, 6.07) is 7.01. The van der Waals surface area contributed by atoms with Gasteiger partial charge in [-0.25, -0.2) is 0 Å². The molecule has 1 rings (SSSR count). The standard InChI is InChI=1S/C14H17NO4S/c1-10(6-14(16)19-3)20(17)9-12-7-11(8-15)4-5-13(12)18-2/h4-5,7,10H,6,9H2,1-3H3. The minimum Gasteiger partial charge on any atom is -0.496 e. The summed E-state index contributed by atoms with van der Waals surface area (Å²) >= 11 is 0. The van der Waals surface area contributed by atoms with Crippen LogP contribution in [0.3, 0.4) is 0 Å². The van der Waals surface area contributed by atoms with Crippen LogP contribution >= 0.6 is 0 Å². The highest BCUT2D eigenvalue weighted by molar-refractivity contribution is 7.84. The molecule has 0 saturated carbocycles. The van der Waals surface area contributed by atoms with Crippen molar-refractivity contribution < 1.29 is 18.5 Å². The average molecular weight is 295 g/mol. The van der Waals surface area contributed by atoms with E-state index in [4.69, 9.17) is 10.00 Å². The number of esters is 1. The van der Waals surface area contributed by atoms with Crippen molar-refractivity contribution in [2.75, 3.05) is 14.2 Å². The van der Waals surface area contributed by atoms with Gasteiger partial charge in [-0.1, -0.05) is 6.92 Å². The molecule has 1 aromatic carbocycles. The third-order valence-corrected chi connectivity index (χ3v) is 4.50. The van der Waals surface area contributed by atoms with E-state index in [0.717, 1.165) is 0 Å². The van der Waals surface area contributed by atoms with Gasteiger partial charge in [0.1, 0.15) is 5.75 Å². The van der Waals surface area contributed by atoms with E-state index in [1.54, 1.807) is 25.1 Å². The lowest BCUT2D eigenvalue weighted by atomic mass is 10.1. The molecule has 0 heterocycles. The number of nitriles is 1. The molecular formula is C14H17NO4S. The zero-order valence-electron chi connectivity index (χ0n) is 11.7. The van der Waals surface area contributed by atoms with E-state index < -0.39 is 10.8 Å². The van der Waals surface area contributed by atoms with Gasteiger partial charge in [0.25, 0.3) is 0 Å². The molecule has 0 spiro atoms. The second kappa shape index (κ2) is 7.65. The van der Waals surface area contributed by atoms with Crippen LogP contribution in [0.5, 0.6) is 5.75 Å². The lowest BCUT2D eigenvalue weighted by Gasteiger charge is -2.12. The van der Waals surface area contributed by atoms with Crippen molar-refractivity contribution in [2.45, 2.75) is 24.3 Å². The number of carbonyl (C=O) groups excluding carboxylic acids is 1. The molecule has 0 fully saturated rings. The summed E-state index contributed by atoms with van der Waals surface area (Å²) in [5.74, 6) is 0.433. The van der Waals surface area contributed by atoms with Crippen molar-refractivity contribution in [1.29, 1.82) is 5.26 Å². The molecule has 0 amide bonds. The second-order valence-electron chi connectivity index (χ2n) is 4.25. The summed E-state index contributed by atoms with van der Waals surface area (Å²) in [6.07, 6.45) is 0.101. The van der Waals surface area contributed by atoms with Crippen molar-refractivity contribution >= 4 is 16.8 Å². The Hall–Kier alpha value is -1.87. The number of carbonyl (C=O) groups is 1. The van der Waals surface area contributed by atoms with Gasteiger partial charge in [0.2, 0.25) is 0 Å². The van der Waals surface area contributed by atoms with Gasteiger partial charge in [-0.15, -0.1) is 0 Å². The number of ether oxygens (including phenoxy) is 2. The third kappa shape index (κ3) is 4.35. The molecule has 0 aliphatic carbocycles. The molecule has 1 aromatic rings. The van der Waals surface area contributed by atoms with Crippen LogP contribution in [0.25, 0.3) is 0 Å². The highest BCUT2D eigenvalue weighted by atomic mass is 32.2. The molecule has 0 aromatic heterocycles. The summed E-state index contributed by atoms with van der Waals surface area (Å²) in [6.45, 7) is 1.73. The van der Waals surface area contributed by atoms with Gasteiger partial charge in [0.15, 0.2) is 0 Å². The van der Waals surface area contributed by atoms with E-state index >= 15 is 0 Å². The molecule has 0 bridgehead atoms. The summed E-state index contributed by atoms with van der Waals surface area (Å²) in [7, 11) is 1.57. The van der Waals surface area contributed by atoms with Gasteiger partial charge in [0, 0.05) is 21.6 Å². The van der Waals surface area contributed by atoms with Gasteiger partial charge in [0.05, 0.1) is 38.0 Å². The number of hydrogen-bond acceptors (Lipinski definition) is 5. The fourth-order valence-corrected chi connectivity index (χ4v) is 2.81. The Labute approximate surface area is 121 Å². The smallest absolute Gasteiger partial charge is 0.306 e. The van der Waals surface area contributed by atoms with Crippen LogP contribution in [0.4, 0.5) is 0 Å². The lowest BCUT2D eigenvalue weighted by molar-refractivity contribution is -0.140. The van der Waals surface area contributed by atoms with Gasteiger partial charge < -0.3 is 9.47 Å². The Bertz CT molecular complexity index is 551. The Kier molecular flexibility index (Phi) is 6.19. The van der Waals surface area contributed by atoms with Crippen LogP contribution in [0.15, 0.2) is 18.2 Å². The third-order valence-electron chi connectivity index (χ3n) is 2.84. The first-order chi connectivity index (χ1) is 9.51. The molecule has 0 saturated heterocycles. The lowest BCUT2D eigenvalue weighted by Crippen LogP contribution is -2.18. The number of benzene rings is 1. The minimum atomic E-state index is -1.25. The molecule has 0 radical (unpaired) electrons. The zero-order valence-corrected chi connectivity index (χ0v) is 12.5. The van der Waals surface area contributed by atoms with E-state index in [1.807, 2.05) is 6.07 Å². The summed E-state index contributed by atoms with van der Waals surface area (Å²) in [4.78, 5) is 11.2. The van der Waals surface area contributed by atoms with E-state index in [1.165, 1.54) is 14.2 Å². The van der Waals surface area contributed by atoms with Gasteiger partial charge in [-0.3, -0.25) is 9.00 Å². The molecular weight excluding hydrogens is 278 g/mol. The zero-order chi connectivity index (χ0) is 15.1. The molecule has 5 nitrogen and oxygen atoms in total. The Morgan fingerprint density at radius 3 is 2.70 bits per heavy atom. The second-order valence-corrected chi connectivity index (χ2v) is 6.11.